The first-order chi connectivity index (χ1) is 12.5. The highest BCUT2D eigenvalue weighted by Gasteiger charge is 2.13. The van der Waals surface area contributed by atoms with E-state index >= 15 is 0 Å². The summed E-state index contributed by atoms with van der Waals surface area (Å²) < 4.78 is 10.6. The summed E-state index contributed by atoms with van der Waals surface area (Å²) in [6.45, 7) is 2.05. The topological polar surface area (TPSA) is 103 Å². The molecule has 2 aromatic carbocycles. The van der Waals surface area contributed by atoms with E-state index in [9.17, 15) is 14.9 Å². The first-order valence-corrected chi connectivity index (χ1v) is 7.99. The van der Waals surface area contributed by atoms with Gasteiger partial charge in [-0.3, -0.25) is 14.9 Å². The number of ether oxygens (including phenoxy) is 2. The molecule has 0 saturated heterocycles. The fourth-order valence-corrected chi connectivity index (χ4v) is 2.45. The van der Waals surface area contributed by atoms with E-state index in [1.165, 1.54) is 24.3 Å². The van der Waals surface area contributed by atoms with Crippen LogP contribution in [0, 0.1) is 10.1 Å². The molecule has 1 amide bonds. The lowest BCUT2D eigenvalue weighted by Crippen LogP contribution is -2.19. The number of amides is 1. The first kappa shape index (κ1) is 17.4. The number of carbonyl (C=O) groups excluding carboxylic acids is 1. The molecule has 1 aliphatic heterocycles. The molecule has 26 heavy (non-hydrogen) atoms. The smallest absolute Gasteiger partial charge is 0.271 e. The van der Waals surface area contributed by atoms with E-state index in [0.29, 0.717) is 6.42 Å². The Hall–Kier alpha value is -3.42. The molecular formula is C18H17N3O5. The number of benzene rings is 2. The molecule has 1 heterocycles. The fraction of sp³-hybridized carbons (Fsp3) is 0.222. The molecule has 0 fully saturated rings. The number of non-ortho nitro benzene ring substituents is 1. The number of hydrogen-bond acceptors (Lipinski definition) is 6. The lowest BCUT2D eigenvalue weighted by atomic mass is 10.1. The van der Waals surface area contributed by atoms with Crippen molar-refractivity contribution in [2.75, 3.05) is 6.79 Å². The fourth-order valence-electron chi connectivity index (χ4n) is 2.45. The van der Waals surface area contributed by atoms with Gasteiger partial charge in [-0.15, -0.1) is 0 Å². The normalized spacial score (nSPS) is 12.7. The third kappa shape index (κ3) is 4.15. The van der Waals surface area contributed by atoms with E-state index < -0.39 is 10.8 Å². The molecule has 8 nitrogen and oxygen atoms in total. The molecule has 0 saturated carbocycles. The molecule has 3 rings (SSSR count). The van der Waals surface area contributed by atoms with E-state index in [2.05, 4.69) is 10.5 Å². The number of rotatable bonds is 6. The summed E-state index contributed by atoms with van der Waals surface area (Å²) >= 11 is 0. The minimum absolute atomic E-state index is 0.138. The van der Waals surface area contributed by atoms with Crippen LogP contribution in [0.4, 0.5) is 5.69 Å². The van der Waals surface area contributed by atoms with Gasteiger partial charge < -0.3 is 9.47 Å². The van der Waals surface area contributed by atoms with Crippen molar-refractivity contribution >= 4 is 17.3 Å². The molecule has 1 N–H and O–H groups in total. The Labute approximate surface area is 149 Å². The van der Waals surface area contributed by atoms with Crippen molar-refractivity contribution in [1.82, 2.24) is 5.43 Å². The summed E-state index contributed by atoms with van der Waals surface area (Å²) in [4.78, 5) is 22.3. The average Bonchev–Trinajstić information content (AvgIpc) is 3.12. The van der Waals surface area contributed by atoms with Crippen LogP contribution >= 0.6 is 0 Å². The van der Waals surface area contributed by atoms with Crippen molar-refractivity contribution < 1.29 is 19.2 Å². The standard InChI is InChI=1S/C18H17N3O5/c1-12(5-6-13-7-8-16-17(9-13)26-11-25-16)19-20-18(22)14-3-2-4-15(10-14)21(23)24/h2-4,7-10H,5-6,11H2,1H3,(H,20,22). The van der Waals surface area contributed by atoms with Crippen molar-refractivity contribution in [1.29, 1.82) is 0 Å². The number of hydrogen-bond donors (Lipinski definition) is 1. The Morgan fingerprint density at radius 3 is 2.85 bits per heavy atom. The third-order valence-electron chi connectivity index (χ3n) is 3.88. The Balaban J connectivity index is 1.55. The van der Waals surface area contributed by atoms with Gasteiger partial charge in [0.05, 0.1) is 4.92 Å². The summed E-state index contributed by atoms with van der Waals surface area (Å²) in [6.07, 6.45) is 1.38. The third-order valence-corrected chi connectivity index (χ3v) is 3.88. The molecule has 0 unspecified atom stereocenters. The minimum atomic E-state index is -0.545. The van der Waals surface area contributed by atoms with Crippen molar-refractivity contribution in [3.63, 3.8) is 0 Å². The average molecular weight is 355 g/mol. The SMILES string of the molecule is CC(CCc1ccc2c(c1)OCO2)=NNC(=O)c1cccc([N+](=O)[O-])c1. The maximum Gasteiger partial charge on any atom is 0.271 e. The molecule has 8 heteroatoms. The second-order valence-electron chi connectivity index (χ2n) is 5.78. The summed E-state index contributed by atoms with van der Waals surface area (Å²) in [6, 6.07) is 11.3. The lowest BCUT2D eigenvalue weighted by molar-refractivity contribution is -0.384. The highest BCUT2D eigenvalue weighted by molar-refractivity contribution is 5.95. The van der Waals surface area contributed by atoms with Gasteiger partial charge in [0.1, 0.15) is 0 Å². The van der Waals surface area contributed by atoms with Crippen LogP contribution in [0.5, 0.6) is 11.5 Å². The van der Waals surface area contributed by atoms with Crippen LogP contribution in [0.15, 0.2) is 47.6 Å². The van der Waals surface area contributed by atoms with Crippen LogP contribution in [0.2, 0.25) is 0 Å². The molecule has 0 aromatic heterocycles. The quantitative estimate of drug-likeness (QED) is 0.487. The molecule has 1 aliphatic rings. The molecule has 0 radical (unpaired) electrons. The van der Waals surface area contributed by atoms with Crippen LogP contribution in [0.3, 0.4) is 0 Å². The summed E-state index contributed by atoms with van der Waals surface area (Å²) in [5.74, 6) is 0.982. The van der Waals surface area contributed by atoms with Crippen molar-refractivity contribution in [3.05, 3.63) is 63.7 Å². The van der Waals surface area contributed by atoms with Gasteiger partial charge in [0.15, 0.2) is 11.5 Å². The number of hydrazone groups is 1. The predicted octanol–water partition coefficient (Wildman–Crippen LogP) is 3.06. The zero-order valence-electron chi connectivity index (χ0n) is 14.1. The maximum atomic E-state index is 12.1. The van der Waals surface area contributed by atoms with Gasteiger partial charge in [0.25, 0.3) is 11.6 Å². The number of carbonyl (C=O) groups is 1. The minimum Gasteiger partial charge on any atom is -0.454 e. The van der Waals surface area contributed by atoms with Crippen LogP contribution in [-0.4, -0.2) is 23.3 Å². The molecule has 2 aromatic rings. The van der Waals surface area contributed by atoms with Crippen LogP contribution in [-0.2, 0) is 6.42 Å². The highest BCUT2D eigenvalue weighted by Crippen LogP contribution is 2.32. The Bertz CT molecular complexity index is 879. The van der Waals surface area contributed by atoms with Crippen molar-refractivity contribution in [3.8, 4) is 11.5 Å². The molecule has 0 bridgehead atoms. The number of nitro groups is 1. The van der Waals surface area contributed by atoms with Gasteiger partial charge in [0, 0.05) is 23.4 Å². The van der Waals surface area contributed by atoms with Crippen LogP contribution in [0.1, 0.15) is 29.3 Å². The number of nitrogens with zero attached hydrogens (tertiary/aromatic N) is 2. The number of aryl methyl sites for hydroxylation is 1. The van der Waals surface area contributed by atoms with Crippen LogP contribution in [0.25, 0.3) is 0 Å². The van der Waals surface area contributed by atoms with Crippen molar-refractivity contribution in [2.24, 2.45) is 5.10 Å². The molecule has 0 spiro atoms. The van der Waals surface area contributed by atoms with Crippen LogP contribution < -0.4 is 14.9 Å². The first-order valence-electron chi connectivity index (χ1n) is 7.99. The van der Waals surface area contributed by atoms with Crippen molar-refractivity contribution in [2.45, 2.75) is 19.8 Å². The van der Waals surface area contributed by atoms with E-state index in [4.69, 9.17) is 9.47 Å². The van der Waals surface area contributed by atoms with E-state index in [-0.39, 0.29) is 18.0 Å². The van der Waals surface area contributed by atoms with E-state index in [1.54, 1.807) is 6.92 Å². The Kier molecular flexibility index (Phi) is 5.12. The molecule has 134 valence electrons. The lowest BCUT2D eigenvalue weighted by Gasteiger charge is -2.04. The number of fused-ring (bicyclic) bond motifs is 1. The number of nitrogens with one attached hydrogen (secondary N) is 1. The predicted molar refractivity (Wildman–Crippen MR) is 94.6 cm³/mol. The van der Waals surface area contributed by atoms with E-state index in [0.717, 1.165) is 29.2 Å². The van der Waals surface area contributed by atoms with Gasteiger partial charge in [-0.2, -0.15) is 5.10 Å². The molecule has 0 atom stereocenters. The zero-order valence-corrected chi connectivity index (χ0v) is 14.1. The Morgan fingerprint density at radius 1 is 1.23 bits per heavy atom. The second kappa shape index (κ2) is 7.64. The molecular weight excluding hydrogens is 338 g/mol. The second-order valence-corrected chi connectivity index (χ2v) is 5.78. The highest BCUT2D eigenvalue weighted by atomic mass is 16.7. The monoisotopic (exact) mass is 355 g/mol. The largest absolute Gasteiger partial charge is 0.454 e. The molecule has 0 aliphatic carbocycles. The maximum absolute atomic E-state index is 12.1. The summed E-state index contributed by atoms with van der Waals surface area (Å²) in [5, 5.41) is 14.8. The van der Waals surface area contributed by atoms with Gasteiger partial charge in [0.2, 0.25) is 6.79 Å². The Morgan fingerprint density at radius 2 is 2.04 bits per heavy atom. The summed E-state index contributed by atoms with van der Waals surface area (Å²) in [7, 11) is 0. The van der Waals surface area contributed by atoms with Gasteiger partial charge in [-0.1, -0.05) is 12.1 Å². The van der Waals surface area contributed by atoms with Gasteiger partial charge in [-0.05, 0) is 43.5 Å². The van der Waals surface area contributed by atoms with Gasteiger partial charge >= 0.3 is 0 Å². The summed E-state index contributed by atoms with van der Waals surface area (Å²) in [5.41, 5.74) is 4.29. The van der Waals surface area contributed by atoms with Gasteiger partial charge in [-0.25, -0.2) is 5.43 Å². The zero-order chi connectivity index (χ0) is 18.5. The van der Waals surface area contributed by atoms with E-state index in [1.807, 2.05) is 18.2 Å². The number of nitro benzene ring substituents is 1.